The molecule has 8 heteroatoms. The highest BCUT2D eigenvalue weighted by molar-refractivity contribution is 7.89. The van der Waals surface area contributed by atoms with Gasteiger partial charge in [-0.25, -0.2) is 13.2 Å². The lowest BCUT2D eigenvalue weighted by Gasteiger charge is -2.15. The van der Waals surface area contributed by atoms with Crippen LogP contribution < -0.4 is 5.76 Å². The maximum Gasteiger partial charge on any atom is 0.419 e. The molecule has 7 nitrogen and oxygen atoms in total. The first-order valence-corrected chi connectivity index (χ1v) is 7.61. The molecule has 108 valence electrons. The average Bonchev–Trinajstić information content (AvgIpc) is 2.95. The third-order valence-corrected chi connectivity index (χ3v) is 5.39. The van der Waals surface area contributed by atoms with Crippen LogP contribution in [0.15, 0.2) is 32.3 Å². The summed E-state index contributed by atoms with van der Waals surface area (Å²) in [7, 11) is -2.11. The van der Waals surface area contributed by atoms with E-state index in [1.54, 1.807) is 13.1 Å². The van der Waals surface area contributed by atoms with E-state index in [1.807, 2.05) is 0 Å². The quantitative estimate of drug-likeness (QED) is 0.835. The molecule has 0 spiro atoms. The van der Waals surface area contributed by atoms with Crippen molar-refractivity contribution in [2.24, 2.45) is 7.05 Å². The smallest absolute Gasteiger partial charge is 0.408 e. The number of aromatic nitrogens is 1. The number of aliphatic hydroxyl groups excluding tert-OH is 1. The van der Waals surface area contributed by atoms with Crippen molar-refractivity contribution >= 4 is 21.1 Å². The number of rotatable bonds is 2. The van der Waals surface area contributed by atoms with Gasteiger partial charge in [-0.1, -0.05) is 0 Å². The number of aliphatic hydroxyl groups is 1. The van der Waals surface area contributed by atoms with Crippen LogP contribution in [0, 0.1) is 0 Å². The van der Waals surface area contributed by atoms with Crippen LogP contribution in [-0.2, 0) is 17.1 Å². The van der Waals surface area contributed by atoms with Crippen molar-refractivity contribution in [2.75, 3.05) is 13.1 Å². The molecule has 0 unspecified atom stereocenters. The first-order valence-electron chi connectivity index (χ1n) is 6.17. The highest BCUT2D eigenvalue weighted by Gasteiger charge is 2.32. The Hall–Kier alpha value is -1.64. The second kappa shape index (κ2) is 4.44. The van der Waals surface area contributed by atoms with E-state index in [2.05, 4.69) is 0 Å². The number of fused-ring (bicyclic) bond motifs is 1. The Balaban J connectivity index is 2.08. The van der Waals surface area contributed by atoms with Crippen molar-refractivity contribution in [1.82, 2.24) is 8.87 Å². The van der Waals surface area contributed by atoms with E-state index in [9.17, 15) is 18.3 Å². The molecule has 0 aliphatic carbocycles. The van der Waals surface area contributed by atoms with Crippen LogP contribution in [0.4, 0.5) is 0 Å². The van der Waals surface area contributed by atoms with Gasteiger partial charge in [-0.2, -0.15) is 4.31 Å². The van der Waals surface area contributed by atoms with Gasteiger partial charge in [0.1, 0.15) is 0 Å². The Labute approximate surface area is 115 Å². The number of sulfonamides is 1. The maximum absolute atomic E-state index is 12.4. The summed E-state index contributed by atoms with van der Waals surface area (Å²) in [5.41, 5.74) is 0.772. The molecular weight excluding hydrogens is 284 g/mol. The first-order chi connectivity index (χ1) is 9.39. The predicted molar refractivity (Wildman–Crippen MR) is 70.8 cm³/mol. The van der Waals surface area contributed by atoms with E-state index < -0.39 is 21.9 Å². The number of benzene rings is 1. The van der Waals surface area contributed by atoms with Crippen molar-refractivity contribution < 1.29 is 17.9 Å². The molecule has 0 radical (unpaired) electrons. The van der Waals surface area contributed by atoms with E-state index >= 15 is 0 Å². The summed E-state index contributed by atoms with van der Waals surface area (Å²) in [4.78, 5) is 11.5. The van der Waals surface area contributed by atoms with Gasteiger partial charge < -0.3 is 9.52 Å². The third kappa shape index (κ3) is 1.96. The Morgan fingerprint density at radius 2 is 2.15 bits per heavy atom. The van der Waals surface area contributed by atoms with Gasteiger partial charge in [0.05, 0.1) is 16.5 Å². The number of nitrogens with zero attached hydrogens (tertiary/aromatic N) is 2. The molecule has 1 N–H and O–H groups in total. The fourth-order valence-electron chi connectivity index (χ4n) is 2.35. The Kier molecular flexibility index (Phi) is 2.96. The van der Waals surface area contributed by atoms with Crippen molar-refractivity contribution in [3.05, 3.63) is 28.7 Å². The van der Waals surface area contributed by atoms with Crippen LogP contribution in [0.2, 0.25) is 0 Å². The van der Waals surface area contributed by atoms with Gasteiger partial charge >= 0.3 is 5.76 Å². The van der Waals surface area contributed by atoms with Crippen LogP contribution in [0.25, 0.3) is 11.1 Å². The number of oxazole rings is 1. The van der Waals surface area contributed by atoms with Crippen molar-refractivity contribution in [1.29, 1.82) is 0 Å². The van der Waals surface area contributed by atoms with E-state index in [0.717, 1.165) is 0 Å². The zero-order valence-corrected chi connectivity index (χ0v) is 11.6. The SMILES string of the molecule is Cn1c(=O)oc2cc(S(=O)(=O)N3CC[C@H](O)C3)ccc21. The van der Waals surface area contributed by atoms with Crippen molar-refractivity contribution in [3.8, 4) is 0 Å². The Morgan fingerprint density at radius 3 is 2.80 bits per heavy atom. The molecule has 1 atom stereocenters. The van der Waals surface area contributed by atoms with Crippen LogP contribution in [-0.4, -0.2) is 41.6 Å². The summed E-state index contributed by atoms with van der Waals surface area (Å²) in [6, 6.07) is 4.33. The van der Waals surface area contributed by atoms with Gasteiger partial charge in [0, 0.05) is 26.2 Å². The molecule has 2 aromatic rings. The second-order valence-electron chi connectivity index (χ2n) is 4.86. The highest BCUT2D eigenvalue weighted by atomic mass is 32.2. The molecule has 1 fully saturated rings. The van der Waals surface area contributed by atoms with Gasteiger partial charge in [0.15, 0.2) is 5.58 Å². The fourth-order valence-corrected chi connectivity index (χ4v) is 3.86. The average molecular weight is 298 g/mol. The van der Waals surface area contributed by atoms with E-state index in [4.69, 9.17) is 4.42 Å². The standard InChI is InChI=1S/C12H14N2O5S/c1-13-10-3-2-9(6-11(10)19-12(13)16)20(17,18)14-5-4-8(15)7-14/h2-3,6,8,15H,4-5,7H2,1H3/t8-/m0/s1. The minimum absolute atomic E-state index is 0.0634. The zero-order valence-electron chi connectivity index (χ0n) is 10.8. The van der Waals surface area contributed by atoms with E-state index in [-0.39, 0.29) is 17.0 Å². The maximum atomic E-state index is 12.4. The van der Waals surface area contributed by atoms with Crippen molar-refractivity contribution in [2.45, 2.75) is 17.4 Å². The van der Waals surface area contributed by atoms with Gasteiger partial charge in [0.25, 0.3) is 0 Å². The molecule has 0 saturated carbocycles. The van der Waals surface area contributed by atoms with Gasteiger partial charge in [0.2, 0.25) is 10.0 Å². The summed E-state index contributed by atoms with van der Waals surface area (Å²) in [6.07, 6.45) is -0.190. The molecule has 0 amide bonds. The summed E-state index contributed by atoms with van der Waals surface area (Å²) in [6.45, 7) is 0.388. The summed E-state index contributed by atoms with van der Waals surface area (Å²) in [5, 5.41) is 9.45. The number of hydrogen-bond acceptors (Lipinski definition) is 5. The topological polar surface area (TPSA) is 92.8 Å². The third-order valence-electron chi connectivity index (χ3n) is 3.53. The molecule has 20 heavy (non-hydrogen) atoms. The monoisotopic (exact) mass is 298 g/mol. The van der Waals surface area contributed by atoms with Crippen LogP contribution in [0.1, 0.15) is 6.42 Å². The first kappa shape index (κ1) is 13.3. The largest absolute Gasteiger partial charge is 0.419 e. The lowest BCUT2D eigenvalue weighted by Crippen LogP contribution is -2.29. The Bertz CT molecular complexity index is 820. The molecule has 1 saturated heterocycles. The highest BCUT2D eigenvalue weighted by Crippen LogP contribution is 2.24. The van der Waals surface area contributed by atoms with Crippen LogP contribution in [0.3, 0.4) is 0 Å². The van der Waals surface area contributed by atoms with E-state index in [0.29, 0.717) is 18.5 Å². The number of aryl methyl sites for hydroxylation is 1. The molecule has 1 aliphatic heterocycles. The second-order valence-corrected chi connectivity index (χ2v) is 6.80. The molecule has 1 aromatic heterocycles. The lowest BCUT2D eigenvalue weighted by molar-refractivity contribution is 0.189. The number of β-amino-alcohol motifs (C(OH)–C–C–N with tert-alkyl or cyclic N) is 1. The Morgan fingerprint density at radius 1 is 1.40 bits per heavy atom. The molecule has 3 rings (SSSR count). The predicted octanol–water partition coefficient (Wildman–Crippen LogP) is -0.113. The molecule has 2 heterocycles. The molecule has 0 bridgehead atoms. The molecule has 1 aliphatic rings. The normalized spacial score (nSPS) is 20.8. The minimum Gasteiger partial charge on any atom is -0.408 e. The minimum atomic E-state index is -3.66. The molecule has 1 aromatic carbocycles. The summed E-state index contributed by atoms with van der Waals surface area (Å²) in [5.74, 6) is -0.536. The van der Waals surface area contributed by atoms with Gasteiger partial charge in [-0.05, 0) is 18.6 Å². The van der Waals surface area contributed by atoms with E-state index in [1.165, 1.54) is 21.0 Å². The number of hydrogen-bond donors (Lipinski definition) is 1. The fraction of sp³-hybridized carbons (Fsp3) is 0.417. The van der Waals surface area contributed by atoms with Crippen molar-refractivity contribution in [3.63, 3.8) is 0 Å². The van der Waals surface area contributed by atoms with Crippen LogP contribution in [0.5, 0.6) is 0 Å². The zero-order chi connectivity index (χ0) is 14.5. The summed E-state index contributed by atoms with van der Waals surface area (Å²) >= 11 is 0. The lowest BCUT2D eigenvalue weighted by atomic mass is 10.3. The van der Waals surface area contributed by atoms with Gasteiger partial charge in [-0.15, -0.1) is 0 Å². The molecular formula is C12H14N2O5S. The van der Waals surface area contributed by atoms with Crippen LogP contribution >= 0.6 is 0 Å². The summed E-state index contributed by atoms with van der Waals surface area (Å²) < 4.78 is 32.3. The van der Waals surface area contributed by atoms with Gasteiger partial charge in [-0.3, -0.25) is 4.57 Å².